The van der Waals surface area contributed by atoms with Crippen LogP contribution in [0.3, 0.4) is 0 Å². The fraction of sp³-hybridized carbons (Fsp3) is 0. The van der Waals surface area contributed by atoms with Gasteiger partial charge in [0.15, 0.2) is 5.43 Å². The van der Waals surface area contributed by atoms with Crippen molar-refractivity contribution in [2.45, 2.75) is 4.90 Å². The molecule has 8 heteroatoms. The molecule has 146 valence electrons. The molecule has 0 fully saturated rings. The molecule has 0 amide bonds. The van der Waals surface area contributed by atoms with Gasteiger partial charge in [-0.05, 0) is 18.2 Å². The van der Waals surface area contributed by atoms with Crippen molar-refractivity contribution < 1.29 is 18.6 Å². The highest BCUT2D eigenvalue weighted by molar-refractivity contribution is 7.90. The van der Waals surface area contributed by atoms with Crippen molar-refractivity contribution in [3.05, 3.63) is 88.0 Å². The monoisotopic (exact) mass is 427 g/mol. The van der Waals surface area contributed by atoms with E-state index < -0.39 is 21.2 Å². The summed E-state index contributed by atoms with van der Waals surface area (Å²) < 4.78 is 28.0. The van der Waals surface area contributed by atoms with Crippen LogP contribution in [0.4, 0.5) is 0 Å². The van der Waals surface area contributed by atoms with Gasteiger partial charge in [-0.25, -0.2) is 12.4 Å². The number of phenolic OH excluding ortho intramolecular Hbond substituents is 2. The van der Waals surface area contributed by atoms with Gasteiger partial charge in [0.1, 0.15) is 11.5 Å². The molecule has 1 aromatic heterocycles. The molecule has 3 aromatic carbocycles. The summed E-state index contributed by atoms with van der Waals surface area (Å²) in [6.45, 7) is 0. The van der Waals surface area contributed by atoms with E-state index in [1.54, 1.807) is 42.5 Å². The highest BCUT2D eigenvalue weighted by atomic mass is 35.5. The van der Waals surface area contributed by atoms with Crippen molar-refractivity contribution in [2.24, 2.45) is 0 Å². The van der Waals surface area contributed by atoms with Crippen LogP contribution in [0.15, 0.2) is 82.5 Å². The molecule has 2 N–H and O–H groups in total. The predicted molar refractivity (Wildman–Crippen MR) is 111 cm³/mol. The maximum atomic E-state index is 13.5. The Bertz CT molecular complexity index is 1410. The molecule has 0 saturated carbocycles. The van der Waals surface area contributed by atoms with E-state index in [-0.39, 0.29) is 32.3 Å². The number of fused-ring (bicyclic) bond motifs is 1. The van der Waals surface area contributed by atoms with E-state index in [4.69, 9.17) is 11.6 Å². The second kappa shape index (κ2) is 6.95. The number of hydrogen-bond acceptors (Lipinski definition) is 5. The van der Waals surface area contributed by atoms with E-state index in [1.165, 1.54) is 12.1 Å². The number of aromatic nitrogens is 1. The lowest BCUT2D eigenvalue weighted by Gasteiger charge is -2.18. The van der Waals surface area contributed by atoms with Gasteiger partial charge >= 0.3 is 0 Å². The maximum absolute atomic E-state index is 13.5. The molecule has 1 heterocycles. The first kappa shape index (κ1) is 19.0. The Morgan fingerprint density at radius 2 is 1.52 bits per heavy atom. The quantitative estimate of drug-likeness (QED) is 0.515. The van der Waals surface area contributed by atoms with Gasteiger partial charge in [-0.3, -0.25) is 4.79 Å². The van der Waals surface area contributed by atoms with Crippen molar-refractivity contribution in [1.82, 2.24) is 3.97 Å². The number of hydrogen-bond donors (Lipinski definition) is 2. The first-order valence-corrected chi connectivity index (χ1v) is 10.3. The van der Waals surface area contributed by atoms with Crippen molar-refractivity contribution in [3.8, 4) is 22.8 Å². The molecular weight excluding hydrogens is 414 g/mol. The van der Waals surface area contributed by atoms with Crippen molar-refractivity contribution in [2.75, 3.05) is 0 Å². The first-order chi connectivity index (χ1) is 13.8. The summed E-state index contributed by atoms with van der Waals surface area (Å²) in [6, 6.07) is 17.4. The lowest BCUT2D eigenvalue weighted by molar-refractivity contribution is 0.454. The third kappa shape index (κ3) is 3.14. The number of benzene rings is 3. The number of phenols is 2. The van der Waals surface area contributed by atoms with Gasteiger partial charge in [0.2, 0.25) is 0 Å². The Hall–Kier alpha value is -3.29. The standard InChI is InChI=1S/C21H14ClNO5S/c22-16-9-5-4-8-15(16)17-12-20(26)21-18(10-13(24)11-19(21)25)23(17)29(27,28)14-6-2-1-3-7-14/h1-12,24-25H. The molecule has 0 saturated heterocycles. The highest BCUT2D eigenvalue weighted by Crippen LogP contribution is 2.35. The molecule has 0 unspecified atom stereocenters. The van der Waals surface area contributed by atoms with Gasteiger partial charge in [-0.15, -0.1) is 0 Å². The van der Waals surface area contributed by atoms with Crippen LogP contribution in [0.2, 0.25) is 5.02 Å². The molecular formula is C21H14ClNO5S. The van der Waals surface area contributed by atoms with E-state index >= 15 is 0 Å². The van der Waals surface area contributed by atoms with Gasteiger partial charge in [0.05, 0.1) is 21.5 Å². The number of nitrogens with zero attached hydrogens (tertiary/aromatic N) is 1. The summed E-state index contributed by atoms with van der Waals surface area (Å²) in [5.74, 6) is -0.907. The summed E-state index contributed by atoms with van der Waals surface area (Å²) in [4.78, 5) is 12.7. The molecule has 4 aromatic rings. The van der Waals surface area contributed by atoms with E-state index in [9.17, 15) is 23.4 Å². The maximum Gasteiger partial charge on any atom is 0.268 e. The topological polar surface area (TPSA) is 96.6 Å². The number of rotatable bonds is 3. The van der Waals surface area contributed by atoms with E-state index in [0.717, 1.165) is 22.2 Å². The average molecular weight is 428 g/mol. The summed E-state index contributed by atoms with van der Waals surface area (Å²) in [5, 5.41) is 20.2. The fourth-order valence-electron chi connectivity index (χ4n) is 3.21. The van der Waals surface area contributed by atoms with Gasteiger partial charge in [-0.2, -0.15) is 0 Å². The van der Waals surface area contributed by atoms with E-state index in [2.05, 4.69) is 0 Å². The summed E-state index contributed by atoms with van der Waals surface area (Å²) >= 11 is 6.28. The Morgan fingerprint density at radius 3 is 2.21 bits per heavy atom. The normalized spacial score (nSPS) is 11.6. The second-order valence-electron chi connectivity index (χ2n) is 6.32. The van der Waals surface area contributed by atoms with Crippen LogP contribution >= 0.6 is 11.6 Å². The fourth-order valence-corrected chi connectivity index (χ4v) is 4.97. The molecule has 0 radical (unpaired) electrons. The molecule has 0 bridgehead atoms. The van der Waals surface area contributed by atoms with Crippen LogP contribution in [0, 0.1) is 0 Å². The molecule has 0 aliphatic heterocycles. The van der Waals surface area contributed by atoms with Crippen LogP contribution < -0.4 is 5.43 Å². The van der Waals surface area contributed by atoms with Crippen molar-refractivity contribution in [1.29, 1.82) is 0 Å². The molecule has 0 spiro atoms. The summed E-state index contributed by atoms with van der Waals surface area (Å²) in [5.41, 5.74) is -0.432. The first-order valence-electron chi connectivity index (χ1n) is 8.48. The van der Waals surface area contributed by atoms with Crippen molar-refractivity contribution in [3.63, 3.8) is 0 Å². The summed E-state index contributed by atoms with van der Waals surface area (Å²) in [7, 11) is -4.21. The molecule has 0 aliphatic rings. The zero-order valence-electron chi connectivity index (χ0n) is 14.8. The van der Waals surface area contributed by atoms with Gasteiger partial charge < -0.3 is 10.2 Å². The van der Waals surface area contributed by atoms with Gasteiger partial charge in [0, 0.05) is 28.8 Å². The number of aromatic hydroxyl groups is 2. The lowest BCUT2D eigenvalue weighted by Crippen LogP contribution is -2.20. The average Bonchev–Trinajstić information content (AvgIpc) is 2.68. The Morgan fingerprint density at radius 1 is 0.862 bits per heavy atom. The van der Waals surface area contributed by atoms with Crippen LogP contribution in [0.5, 0.6) is 11.5 Å². The third-order valence-corrected chi connectivity index (χ3v) is 6.54. The largest absolute Gasteiger partial charge is 0.508 e. The van der Waals surface area contributed by atoms with Gasteiger partial charge in [0.25, 0.3) is 10.0 Å². The molecule has 29 heavy (non-hydrogen) atoms. The second-order valence-corrected chi connectivity index (χ2v) is 8.51. The molecule has 0 aliphatic carbocycles. The SMILES string of the molecule is O=c1cc(-c2ccccc2Cl)n(S(=O)(=O)c2ccccc2)c2cc(O)cc(O)c12. The third-order valence-electron chi connectivity index (χ3n) is 4.46. The Balaban J connectivity index is 2.25. The number of pyridine rings is 1. The zero-order chi connectivity index (χ0) is 20.8. The predicted octanol–water partition coefficient (Wildman–Crippen LogP) is 3.97. The molecule has 6 nitrogen and oxygen atoms in total. The highest BCUT2D eigenvalue weighted by Gasteiger charge is 2.25. The molecule has 4 rings (SSSR count). The van der Waals surface area contributed by atoms with Crippen LogP contribution in [-0.2, 0) is 10.0 Å². The minimum Gasteiger partial charge on any atom is -0.508 e. The summed E-state index contributed by atoms with van der Waals surface area (Å²) in [6.07, 6.45) is 0. The van der Waals surface area contributed by atoms with Crippen LogP contribution in [-0.4, -0.2) is 22.6 Å². The Kier molecular flexibility index (Phi) is 4.56. The Labute approximate surface area is 170 Å². The van der Waals surface area contributed by atoms with Crippen LogP contribution in [0.25, 0.3) is 22.2 Å². The minimum atomic E-state index is -4.21. The zero-order valence-corrected chi connectivity index (χ0v) is 16.4. The smallest absolute Gasteiger partial charge is 0.268 e. The molecule has 0 atom stereocenters. The van der Waals surface area contributed by atoms with E-state index in [1.807, 2.05) is 0 Å². The lowest BCUT2D eigenvalue weighted by atomic mass is 10.1. The van der Waals surface area contributed by atoms with Gasteiger partial charge in [-0.1, -0.05) is 48.0 Å². The van der Waals surface area contributed by atoms with Crippen molar-refractivity contribution >= 4 is 32.5 Å². The van der Waals surface area contributed by atoms with E-state index in [0.29, 0.717) is 5.56 Å². The number of halogens is 1. The van der Waals surface area contributed by atoms with Crippen LogP contribution in [0.1, 0.15) is 0 Å². The minimum absolute atomic E-state index is 0.0157.